The van der Waals surface area contributed by atoms with Gasteiger partial charge in [-0.1, -0.05) is 75.8 Å². The molecule has 0 saturated heterocycles. The molecule has 0 radical (unpaired) electrons. The van der Waals surface area contributed by atoms with Crippen LogP contribution in [-0.2, 0) is 0 Å². The molecule has 0 fully saturated rings. The van der Waals surface area contributed by atoms with Crippen LogP contribution in [0.15, 0.2) is 54.6 Å². The van der Waals surface area contributed by atoms with E-state index >= 15 is 0 Å². The molecule has 0 aromatic heterocycles. The Labute approximate surface area is 146 Å². The maximum Gasteiger partial charge on any atom is 0.193 e. The lowest BCUT2D eigenvalue weighted by Crippen LogP contribution is -2.03. The molecule has 24 heavy (non-hydrogen) atoms. The van der Waals surface area contributed by atoms with Crippen molar-refractivity contribution in [1.82, 2.24) is 0 Å². The Bertz CT molecular complexity index is 589. The lowest BCUT2D eigenvalue weighted by molar-refractivity contribution is 0.103. The van der Waals surface area contributed by atoms with Gasteiger partial charge in [-0.05, 0) is 30.7 Å². The minimum atomic E-state index is 0.0780. The molecular formula is C22H29NO. The number of anilines is 1. The molecule has 128 valence electrons. The Morgan fingerprint density at radius 2 is 1.33 bits per heavy atom. The number of benzene rings is 2. The van der Waals surface area contributed by atoms with Gasteiger partial charge in [-0.25, -0.2) is 0 Å². The van der Waals surface area contributed by atoms with E-state index in [4.69, 9.17) is 0 Å². The summed E-state index contributed by atoms with van der Waals surface area (Å²) in [5.41, 5.74) is 2.56. The van der Waals surface area contributed by atoms with Crippen LogP contribution in [0.2, 0.25) is 0 Å². The van der Waals surface area contributed by atoms with E-state index in [1.54, 1.807) is 0 Å². The lowest BCUT2D eigenvalue weighted by Gasteiger charge is -2.07. The second-order valence-electron chi connectivity index (χ2n) is 6.32. The molecule has 0 spiro atoms. The van der Waals surface area contributed by atoms with Crippen molar-refractivity contribution < 1.29 is 4.79 Å². The zero-order valence-corrected chi connectivity index (χ0v) is 14.8. The van der Waals surface area contributed by atoms with Gasteiger partial charge >= 0.3 is 0 Å². The number of rotatable bonds is 11. The number of unbranched alkanes of at least 4 members (excludes halogenated alkanes) is 6. The van der Waals surface area contributed by atoms with Gasteiger partial charge < -0.3 is 5.32 Å². The summed E-state index contributed by atoms with van der Waals surface area (Å²) in [7, 11) is 0. The highest BCUT2D eigenvalue weighted by atomic mass is 16.1. The van der Waals surface area contributed by atoms with Crippen LogP contribution in [0.3, 0.4) is 0 Å². The molecule has 2 nitrogen and oxygen atoms in total. The Balaban J connectivity index is 1.70. The number of hydrogen-bond acceptors (Lipinski definition) is 2. The van der Waals surface area contributed by atoms with E-state index in [2.05, 4.69) is 12.2 Å². The molecule has 2 aromatic carbocycles. The van der Waals surface area contributed by atoms with E-state index in [9.17, 15) is 4.79 Å². The predicted octanol–water partition coefficient (Wildman–Crippen LogP) is 6.08. The van der Waals surface area contributed by atoms with Crippen LogP contribution in [0.5, 0.6) is 0 Å². The highest BCUT2D eigenvalue weighted by molar-refractivity contribution is 6.09. The van der Waals surface area contributed by atoms with Gasteiger partial charge in [-0.2, -0.15) is 0 Å². The Kier molecular flexibility index (Phi) is 8.09. The van der Waals surface area contributed by atoms with E-state index in [1.807, 2.05) is 54.6 Å². The standard InChI is InChI=1S/C22H29NO/c1-2-3-4-5-6-7-11-18-23-21-16-14-20(15-17-21)22(24)19-12-9-8-10-13-19/h8-10,12-17,23H,2-7,11,18H2,1H3. The predicted molar refractivity (Wildman–Crippen MR) is 103 cm³/mol. The Morgan fingerprint density at radius 1 is 0.750 bits per heavy atom. The molecule has 0 heterocycles. The highest BCUT2D eigenvalue weighted by Crippen LogP contribution is 2.14. The summed E-state index contributed by atoms with van der Waals surface area (Å²) in [6.07, 6.45) is 9.26. The van der Waals surface area contributed by atoms with Crippen LogP contribution in [0.1, 0.15) is 67.8 Å². The van der Waals surface area contributed by atoms with Crippen LogP contribution >= 0.6 is 0 Å². The molecule has 0 amide bonds. The van der Waals surface area contributed by atoms with Crippen LogP contribution in [0, 0.1) is 0 Å². The highest BCUT2D eigenvalue weighted by Gasteiger charge is 2.07. The van der Waals surface area contributed by atoms with Crippen LogP contribution in [0.25, 0.3) is 0 Å². The van der Waals surface area contributed by atoms with Crippen molar-refractivity contribution in [3.8, 4) is 0 Å². The summed E-state index contributed by atoms with van der Waals surface area (Å²) >= 11 is 0. The van der Waals surface area contributed by atoms with E-state index in [-0.39, 0.29) is 5.78 Å². The molecule has 2 heteroatoms. The van der Waals surface area contributed by atoms with Crippen molar-refractivity contribution in [3.05, 3.63) is 65.7 Å². The minimum absolute atomic E-state index is 0.0780. The Morgan fingerprint density at radius 3 is 2.00 bits per heavy atom. The second kappa shape index (κ2) is 10.6. The molecule has 1 N–H and O–H groups in total. The van der Waals surface area contributed by atoms with Crippen molar-refractivity contribution in [1.29, 1.82) is 0 Å². The maximum atomic E-state index is 12.3. The molecule has 0 aliphatic heterocycles. The number of carbonyl (C=O) groups is 1. The molecule has 0 aliphatic carbocycles. The Hall–Kier alpha value is -2.09. The first-order chi connectivity index (χ1) is 11.8. The number of nitrogens with one attached hydrogen (secondary N) is 1. The first-order valence-electron chi connectivity index (χ1n) is 9.25. The molecule has 0 unspecified atom stereocenters. The first-order valence-corrected chi connectivity index (χ1v) is 9.25. The molecular weight excluding hydrogens is 294 g/mol. The smallest absolute Gasteiger partial charge is 0.193 e. The van der Waals surface area contributed by atoms with E-state index in [1.165, 1.54) is 44.9 Å². The zero-order valence-electron chi connectivity index (χ0n) is 14.8. The fourth-order valence-corrected chi connectivity index (χ4v) is 2.81. The SMILES string of the molecule is CCCCCCCCCNc1ccc(C(=O)c2ccccc2)cc1. The van der Waals surface area contributed by atoms with E-state index in [0.717, 1.165) is 23.4 Å². The summed E-state index contributed by atoms with van der Waals surface area (Å²) in [6, 6.07) is 17.2. The second-order valence-corrected chi connectivity index (χ2v) is 6.32. The summed E-state index contributed by atoms with van der Waals surface area (Å²) < 4.78 is 0. The van der Waals surface area contributed by atoms with Gasteiger partial charge in [-0.15, -0.1) is 0 Å². The van der Waals surface area contributed by atoms with Crippen LogP contribution in [0.4, 0.5) is 5.69 Å². The average molecular weight is 323 g/mol. The third-order valence-electron chi connectivity index (χ3n) is 4.29. The fraction of sp³-hybridized carbons (Fsp3) is 0.409. The minimum Gasteiger partial charge on any atom is -0.385 e. The average Bonchev–Trinajstić information content (AvgIpc) is 2.64. The van der Waals surface area contributed by atoms with Crippen LogP contribution < -0.4 is 5.32 Å². The van der Waals surface area contributed by atoms with Gasteiger partial charge in [0, 0.05) is 23.4 Å². The van der Waals surface area contributed by atoms with E-state index in [0.29, 0.717) is 0 Å². The van der Waals surface area contributed by atoms with Gasteiger partial charge in [0.25, 0.3) is 0 Å². The molecule has 0 atom stereocenters. The first kappa shape index (κ1) is 18.3. The van der Waals surface area contributed by atoms with Crippen molar-refractivity contribution in [2.24, 2.45) is 0 Å². The molecule has 2 rings (SSSR count). The molecule has 0 aliphatic rings. The maximum absolute atomic E-state index is 12.3. The zero-order chi connectivity index (χ0) is 17.0. The van der Waals surface area contributed by atoms with Gasteiger partial charge in [0.15, 0.2) is 5.78 Å². The molecule has 0 saturated carbocycles. The molecule has 2 aromatic rings. The third kappa shape index (κ3) is 6.19. The van der Waals surface area contributed by atoms with E-state index < -0.39 is 0 Å². The monoisotopic (exact) mass is 323 g/mol. The van der Waals surface area contributed by atoms with Gasteiger partial charge in [0.1, 0.15) is 0 Å². The van der Waals surface area contributed by atoms with Crippen molar-refractivity contribution >= 4 is 11.5 Å². The number of carbonyl (C=O) groups excluding carboxylic acids is 1. The van der Waals surface area contributed by atoms with Gasteiger partial charge in [0.2, 0.25) is 0 Å². The lowest BCUT2D eigenvalue weighted by atomic mass is 10.0. The van der Waals surface area contributed by atoms with Crippen molar-refractivity contribution in [2.45, 2.75) is 51.9 Å². The van der Waals surface area contributed by atoms with Crippen molar-refractivity contribution in [2.75, 3.05) is 11.9 Å². The normalized spacial score (nSPS) is 10.5. The largest absolute Gasteiger partial charge is 0.385 e. The summed E-state index contributed by atoms with van der Waals surface area (Å²) in [5, 5.41) is 3.44. The summed E-state index contributed by atoms with van der Waals surface area (Å²) in [4.78, 5) is 12.3. The van der Waals surface area contributed by atoms with Gasteiger partial charge in [0.05, 0.1) is 0 Å². The molecule has 0 bridgehead atoms. The fourth-order valence-electron chi connectivity index (χ4n) is 2.81. The van der Waals surface area contributed by atoms with Crippen molar-refractivity contribution in [3.63, 3.8) is 0 Å². The number of hydrogen-bond donors (Lipinski definition) is 1. The number of ketones is 1. The van der Waals surface area contributed by atoms with Gasteiger partial charge in [-0.3, -0.25) is 4.79 Å². The summed E-state index contributed by atoms with van der Waals surface area (Å²) in [5.74, 6) is 0.0780. The summed E-state index contributed by atoms with van der Waals surface area (Å²) in [6.45, 7) is 3.25. The van der Waals surface area contributed by atoms with Crippen LogP contribution in [-0.4, -0.2) is 12.3 Å². The third-order valence-corrected chi connectivity index (χ3v) is 4.29. The topological polar surface area (TPSA) is 29.1 Å². The quantitative estimate of drug-likeness (QED) is 0.401.